The number of aliphatic hydroxyl groups is 1. The molecule has 0 rings (SSSR count). The van der Waals surface area contributed by atoms with Crippen molar-refractivity contribution >= 4 is 39.5 Å². The number of carbonyl (C=O) groups excluding carboxylic acids is 4. The Kier molecular flexibility index (Phi) is 70.6. The Labute approximate surface area is 626 Å². The third-order valence-electron chi connectivity index (χ3n) is 19.7. The lowest BCUT2D eigenvalue weighted by atomic mass is 9.99. The quantitative estimate of drug-likeness (QED) is 0.0222. The number of aliphatic hydroxyl groups excluding tert-OH is 1. The van der Waals surface area contributed by atoms with Crippen molar-refractivity contribution in [1.82, 2.24) is 0 Å². The summed E-state index contributed by atoms with van der Waals surface area (Å²) in [7, 11) is -9.92. The molecular formula is C83H162O17P2. The first-order valence-electron chi connectivity index (χ1n) is 42.7. The van der Waals surface area contributed by atoms with Gasteiger partial charge in [-0.2, -0.15) is 0 Å². The standard InChI is InChI=1S/C83H162O17P2/c1-9-76(8)62-54-46-37-31-25-19-14-12-10-11-13-15-20-26-33-39-49-57-66-83(88)100-79(70-94-81(86)64-56-48-42-41-45-53-61-75(6)7)72-98-102(91,92)96-68-77(84)67-95-101(89,90)97-71-78(69-93-80(85)63-55-47-38-32-28-22-24-30-36-44-52-60-74(4)5)99-82(87)65-58-50-40-34-27-21-17-16-18-23-29-35-43-51-59-73(2)3/h73-79,84H,9-72H2,1-8H3,(H,89,90)(H,91,92)/t76?,77-,78-,79-/m1/s1. The molecule has 0 bridgehead atoms. The van der Waals surface area contributed by atoms with Crippen molar-refractivity contribution in [2.75, 3.05) is 39.6 Å². The number of rotatable bonds is 80. The average molecular weight is 1490 g/mol. The van der Waals surface area contributed by atoms with Gasteiger partial charge in [-0.3, -0.25) is 37.3 Å². The summed E-state index contributed by atoms with van der Waals surface area (Å²) in [5.74, 6) is 1.00. The highest BCUT2D eigenvalue weighted by atomic mass is 31.2. The predicted molar refractivity (Wildman–Crippen MR) is 418 cm³/mol. The fourth-order valence-electron chi connectivity index (χ4n) is 12.8. The second-order valence-corrected chi connectivity index (χ2v) is 34.4. The molecule has 0 aliphatic heterocycles. The van der Waals surface area contributed by atoms with Crippen LogP contribution >= 0.6 is 15.6 Å². The average Bonchev–Trinajstić information content (AvgIpc) is 0.912. The van der Waals surface area contributed by atoms with Gasteiger partial charge in [-0.15, -0.1) is 0 Å². The molecule has 0 fully saturated rings. The smallest absolute Gasteiger partial charge is 0.462 e. The minimum Gasteiger partial charge on any atom is -0.462 e. The molecule has 19 heteroatoms. The van der Waals surface area contributed by atoms with Crippen LogP contribution in [0.1, 0.15) is 428 Å². The van der Waals surface area contributed by atoms with E-state index in [4.69, 9.17) is 37.0 Å². The topological polar surface area (TPSA) is 237 Å². The van der Waals surface area contributed by atoms with Gasteiger partial charge in [0, 0.05) is 25.7 Å². The molecule has 0 heterocycles. The molecule has 0 aromatic heterocycles. The van der Waals surface area contributed by atoms with Gasteiger partial charge >= 0.3 is 39.5 Å². The molecule has 102 heavy (non-hydrogen) atoms. The molecule has 0 saturated heterocycles. The van der Waals surface area contributed by atoms with E-state index in [9.17, 15) is 43.2 Å². The SMILES string of the molecule is CCC(C)CCCCCCCCCCCCCCCCCCCCC(=O)O[C@H](COC(=O)CCCCCCCCC(C)C)COP(=O)(O)OC[C@H](O)COP(=O)(O)OC[C@@H](COC(=O)CCCCCCCCCCCCCC(C)C)OC(=O)CCCCCCCCCCCCCCCCC(C)C. The summed E-state index contributed by atoms with van der Waals surface area (Å²) in [4.78, 5) is 73.0. The summed E-state index contributed by atoms with van der Waals surface area (Å²) in [6.07, 6.45) is 59.8. The zero-order chi connectivity index (χ0) is 75.3. The monoisotopic (exact) mass is 1490 g/mol. The number of phosphoric acid groups is 2. The van der Waals surface area contributed by atoms with Crippen LogP contribution in [0.4, 0.5) is 0 Å². The molecule has 3 unspecified atom stereocenters. The van der Waals surface area contributed by atoms with Gasteiger partial charge < -0.3 is 33.8 Å². The Morgan fingerprint density at radius 2 is 0.471 bits per heavy atom. The summed E-state index contributed by atoms with van der Waals surface area (Å²) in [6.45, 7) is 14.3. The van der Waals surface area contributed by atoms with E-state index in [0.717, 1.165) is 114 Å². The zero-order valence-electron chi connectivity index (χ0n) is 67.2. The van der Waals surface area contributed by atoms with Crippen LogP contribution in [-0.4, -0.2) is 96.7 Å². The minimum atomic E-state index is -4.96. The minimum absolute atomic E-state index is 0.107. The van der Waals surface area contributed by atoms with Crippen LogP contribution in [0.2, 0.25) is 0 Å². The summed E-state index contributed by atoms with van der Waals surface area (Å²) < 4.78 is 68.7. The van der Waals surface area contributed by atoms with Gasteiger partial charge in [0.05, 0.1) is 26.4 Å². The number of carbonyl (C=O) groups is 4. The number of hydrogen-bond acceptors (Lipinski definition) is 15. The maximum atomic E-state index is 13.1. The Morgan fingerprint density at radius 3 is 0.696 bits per heavy atom. The van der Waals surface area contributed by atoms with Gasteiger partial charge in [0.15, 0.2) is 12.2 Å². The van der Waals surface area contributed by atoms with Crippen LogP contribution in [0.3, 0.4) is 0 Å². The fourth-order valence-corrected chi connectivity index (χ4v) is 14.3. The molecule has 17 nitrogen and oxygen atoms in total. The Balaban J connectivity index is 5.18. The largest absolute Gasteiger partial charge is 0.472 e. The van der Waals surface area contributed by atoms with E-state index in [2.05, 4.69) is 55.4 Å². The van der Waals surface area contributed by atoms with Crippen LogP contribution in [0, 0.1) is 23.7 Å². The van der Waals surface area contributed by atoms with Crippen molar-refractivity contribution in [3.05, 3.63) is 0 Å². The molecule has 606 valence electrons. The second kappa shape index (κ2) is 72.0. The summed E-state index contributed by atoms with van der Waals surface area (Å²) in [5, 5.41) is 10.6. The molecule has 0 spiro atoms. The van der Waals surface area contributed by atoms with Gasteiger partial charge in [-0.1, -0.05) is 376 Å². The number of esters is 4. The highest BCUT2D eigenvalue weighted by Crippen LogP contribution is 2.45. The zero-order valence-corrected chi connectivity index (χ0v) is 69.0. The van der Waals surface area contributed by atoms with Crippen molar-refractivity contribution in [1.29, 1.82) is 0 Å². The van der Waals surface area contributed by atoms with Crippen LogP contribution < -0.4 is 0 Å². The van der Waals surface area contributed by atoms with E-state index in [1.807, 2.05) is 0 Å². The van der Waals surface area contributed by atoms with Crippen LogP contribution in [-0.2, 0) is 65.4 Å². The second-order valence-electron chi connectivity index (χ2n) is 31.5. The fraction of sp³-hybridized carbons (Fsp3) is 0.952. The number of hydrogen-bond donors (Lipinski definition) is 3. The molecule has 0 radical (unpaired) electrons. The molecule has 0 amide bonds. The molecule has 0 aromatic carbocycles. The highest BCUT2D eigenvalue weighted by Gasteiger charge is 2.30. The highest BCUT2D eigenvalue weighted by molar-refractivity contribution is 7.47. The maximum Gasteiger partial charge on any atom is 0.472 e. The molecule has 3 N–H and O–H groups in total. The Hall–Kier alpha value is -1.94. The Bertz CT molecular complexity index is 1990. The first-order valence-corrected chi connectivity index (χ1v) is 45.7. The van der Waals surface area contributed by atoms with Gasteiger partial charge in [0.1, 0.15) is 19.3 Å². The van der Waals surface area contributed by atoms with Crippen LogP contribution in [0.25, 0.3) is 0 Å². The van der Waals surface area contributed by atoms with Gasteiger partial charge in [-0.05, 0) is 49.4 Å². The molecule has 6 atom stereocenters. The summed E-state index contributed by atoms with van der Waals surface area (Å²) in [6, 6.07) is 0. The Morgan fingerprint density at radius 1 is 0.275 bits per heavy atom. The van der Waals surface area contributed by atoms with E-state index < -0.39 is 97.5 Å². The van der Waals surface area contributed by atoms with E-state index in [1.54, 1.807) is 0 Å². The van der Waals surface area contributed by atoms with Crippen molar-refractivity contribution in [3.63, 3.8) is 0 Å². The van der Waals surface area contributed by atoms with E-state index in [1.165, 1.54) is 225 Å². The summed E-state index contributed by atoms with van der Waals surface area (Å²) in [5.41, 5.74) is 0. The van der Waals surface area contributed by atoms with Crippen LogP contribution in [0.5, 0.6) is 0 Å². The third kappa shape index (κ3) is 74.9. The third-order valence-corrected chi connectivity index (χ3v) is 21.6. The lowest BCUT2D eigenvalue weighted by Gasteiger charge is -2.21. The normalized spacial score (nSPS) is 14.3. The molecular weight excluding hydrogens is 1330 g/mol. The van der Waals surface area contributed by atoms with Crippen molar-refractivity contribution in [3.8, 4) is 0 Å². The molecule has 0 aliphatic rings. The number of phosphoric ester groups is 2. The first-order chi connectivity index (χ1) is 49.1. The number of ether oxygens (including phenoxy) is 4. The van der Waals surface area contributed by atoms with Crippen LogP contribution in [0.15, 0.2) is 0 Å². The van der Waals surface area contributed by atoms with E-state index >= 15 is 0 Å². The molecule has 0 aliphatic carbocycles. The van der Waals surface area contributed by atoms with Crippen molar-refractivity contribution < 1.29 is 80.2 Å². The van der Waals surface area contributed by atoms with Gasteiger partial charge in [-0.25, -0.2) is 9.13 Å². The lowest BCUT2D eigenvalue weighted by molar-refractivity contribution is -0.161. The van der Waals surface area contributed by atoms with Gasteiger partial charge in [0.25, 0.3) is 0 Å². The number of unbranched alkanes of at least 4 members (excludes halogenated alkanes) is 45. The molecule has 0 saturated carbocycles. The van der Waals surface area contributed by atoms with Crippen molar-refractivity contribution in [2.24, 2.45) is 23.7 Å². The maximum absolute atomic E-state index is 13.1. The predicted octanol–water partition coefficient (Wildman–Crippen LogP) is 24.8. The molecule has 0 aromatic rings. The van der Waals surface area contributed by atoms with Gasteiger partial charge in [0.2, 0.25) is 0 Å². The lowest BCUT2D eigenvalue weighted by Crippen LogP contribution is -2.30. The van der Waals surface area contributed by atoms with Crippen molar-refractivity contribution in [2.45, 2.75) is 446 Å². The van der Waals surface area contributed by atoms with E-state index in [-0.39, 0.29) is 25.7 Å². The first kappa shape index (κ1) is 100. The summed E-state index contributed by atoms with van der Waals surface area (Å²) >= 11 is 0. The van der Waals surface area contributed by atoms with E-state index in [0.29, 0.717) is 31.6 Å².